The van der Waals surface area contributed by atoms with Crippen molar-refractivity contribution in [1.82, 2.24) is 20.4 Å². The molecule has 1 amide bonds. The van der Waals surface area contributed by atoms with Crippen LogP contribution in [0.1, 0.15) is 35.2 Å². The number of nitrogens with zero attached hydrogens (tertiary/aromatic N) is 3. The normalized spacial score (nSPS) is 14.2. The molecule has 0 radical (unpaired) electrons. The zero-order valence-electron chi connectivity index (χ0n) is 17.8. The van der Waals surface area contributed by atoms with Gasteiger partial charge in [0.1, 0.15) is 5.82 Å². The van der Waals surface area contributed by atoms with E-state index in [1.807, 2.05) is 54.6 Å². The summed E-state index contributed by atoms with van der Waals surface area (Å²) >= 11 is 0. The average molecular weight is 416 g/mol. The SMILES string of the molecule is O=C(NCCN1CCCCC1)c1ccc(-c2ccc(NCc3ccccc3)nn2)cc1. The lowest BCUT2D eigenvalue weighted by atomic mass is 10.1. The molecule has 0 aliphatic carbocycles. The molecule has 1 fully saturated rings. The molecule has 1 aliphatic heterocycles. The molecule has 3 aromatic rings. The number of carbonyl (C=O) groups excluding carboxylic acids is 1. The maximum absolute atomic E-state index is 12.4. The minimum Gasteiger partial charge on any atom is -0.365 e. The predicted octanol–water partition coefficient (Wildman–Crippen LogP) is 3.97. The highest BCUT2D eigenvalue weighted by molar-refractivity contribution is 5.94. The molecule has 2 heterocycles. The van der Waals surface area contributed by atoms with E-state index in [2.05, 4.69) is 37.9 Å². The molecule has 1 saturated heterocycles. The fraction of sp³-hybridized carbons (Fsp3) is 0.320. The fourth-order valence-corrected chi connectivity index (χ4v) is 3.77. The van der Waals surface area contributed by atoms with Gasteiger partial charge in [0.25, 0.3) is 5.91 Å². The van der Waals surface area contributed by atoms with Gasteiger partial charge in [0.05, 0.1) is 5.69 Å². The summed E-state index contributed by atoms with van der Waals surface area (Å²) in [6.45, 7) is 4.60. The minimum absolute atomic E-state index is 0.0323. The number of benzene rings is 2. The number of nitrogens with one attached hydrogen (secondary N) is 2. The predicted molar refractivity (Wildman–Crippen MR) is 124 cm³/mol. The molecule has 0 atom stereocenters. The Bertz CT molecular complexity index is 951. The molecule has 0 spiro atoms. The van der Waals surface area contributed by atoms with Crippen LogP contribution in [0, 0.1) is 0 Å². The summed E-state index contributed by atoms with van der Waals surface area (Å²) in [7, 11) is 0. The molecule has 2 aromatic carbocycles. The van der Waals surface area contributed by atoms with Crippen LogP contribution in [0.5, 0.6) is 0 Å². The Balaban J connectivity index is 1.27. The van der Waals surface area contributed by atoms with Gasteiger partial charge in [-0.2, -0.15) is 0 Å². The minimum atomic E-state index is -0.0323. The number of likely N-dealkylation sites (tertiary alicyclic amines) is 1. The summed E-state index contributed by atoms with van der Waals surface area (Å²) in [4.78, 5) is 14.8. The van der Waals surface area contributed by atoms with E-state index in [1.54, 1.807) is 0 Å². The van der Waals surface area contributed by atoms with Crippen LogP contribution in [0.4, 0.5) is 5.82 Å². The molecule has 6 nitrogen and oxygen atoms in total. The summed E-state index contributed by atoms with van der Waals surface area (Å²) in [5.41, 5.74) is 3.57. The Hall–Kier alpha value is -3.25. The van der Waals surface area contributed by atoms with Crippen molar-refractivity contribution in [2.45, 2.75) is 25.8 Å². The lowest BCUT2D eigenvalue weighted by Crippen LogP contribution is -2.37. The van der Waals surface area contributed by atoms with E-state index in [1.165, 1.54) is 24.8 Å². The van der Waals surface area contributed by atoms with Gasteiger partial charge in [-0.25, -0.2) is 0 Å². The molecule has 4 rings (SSSR count). The largest absolute Gasteiger partial charge is 0.365 e. The van der Waals surface area contributed by atoms with Gasteiger partial charge in [-0.05, 0) is 55.8 Å². The maximum atomic E-state index is 12.4. The van der Waals surface area contributed by atoms with Crippen molar-refractivity contribution in [2.75, 3.05) is 31.5 Å². The highest BCUT2D eigenvalue weighted by atomic mass is 16.1. The molecule has 0 saturated carbocycles. The van der Waals surface area contributed by atoms with E-state index >= 15 is 0 Å². The first-order valence-corrected chi connectivity index (χ1v) is 11.0. The van der Waals surface area contributed by atoms with Crippen molar-refractivity contribution < 1.29 is 4.79 Å². The third-order valence-electron chi connectivity index (χ3n) is 5.59. The number of amides is 1. The summed E-state index contributed by atoms with van der Waals surface area (Å²) in [6, 6.07) is 21.6. The second-order valence-electron chi connectivity index (χ2n) is 7.88. The molecule has 0 bridgehead atoms. The highest BCUT2D eigenvalue weighted by Crippen LogP contribution is 2.18. The topological polar surface area (TPSA) is 70.2 Å². The third-order valence-corrected chi connectivity index (χ3v) is 5.59. The van der Waals surface area contributed by atoms with Gasteiger partial charge >= 0.3 is 0 Å². The van der Waals surface area contributed by atoms with Crippen LogP contribution in [-0.4, -0.2) is 47.2 Å². The lowest BCUT2D eigenvalue weighted by molar-refractivity contribution is 0.0946. The second-order valence-corrected chi connectivity index (χ2v) is 7.88. The van der Waals surface area contributed by atoms with Gasteiger partial charge in [-0.3, -0.25) is 4.79 Å². The van der Waals surface area contributed by atoms with Crippen LogP contribution in [0.2, 0.25) is 0 Å². The van der Waals surface area contributed by atoms with E-state index in [-0.39, 0.29) is 5.91 Å². The molecule has 0 unspecified atom stereocenters. The average Bonchev–Trinajstić information content (AvgIpc) is 2.84. The maximum Gasteiger partial charge on any atom is 0.251 e. The number of anilines is 1. The summed E-state index contributed by atoms with van der Waals surface area (Å²) < 4.78 is 0. The molecular formula is C25H29N5O. The molecular weight excluding hydrogens is 386 g/mol. The first-order valence-electron chi connectivity index (χ1n) is 11.0. The lowest BCUT2D eigenvalue weighted by Gasteiger charge is -2.26. The summed E-state index contributed by atoms with van der Waals surface area (Å²) in [5.74, 6) is 0.701. The number of hydrogen-bond donors (Lipinski definition) is 2. The van der Waals surface area contributed by atoms with Gasteiger partial charge in [0.2, 0.25) is 0 Å². The Morgan fingerprint density at radius 3 is 2.35 bits per heavy atom. The monoisotopic (exact) mass is 415 g/mol. The number of rotatable bonds is 8. The van der Waals surface area contributed by atoms with Gasteiger partial charge in [0, 0.05) is 30.8 Å². The molecule has 31 heavy (non-hydrogen) atoms. The standard InChI is InChI=1S/C25H29N5O/c31-25(26-15-18-30-16-5-2-6-17-30)22-11-9-21(10-12-22)23-13-14-24(29-28-23)27-19-20-7-3-1-4-8-20/h1,3-4,7-14H,2,5-6,15-19H2,(H,26,31)(H,27,29). The van der Waals surface area contributed by atoms with Crippen molar-refractivity contribution >= 4 is 11.7 Å². The van der Waals surface area contributed by atoms with Crippen LogP contribution >= 0.6 is 0 Å². The Labute approximate surface area is 183 Å². The van der Waals surface area contributed by atoms with E-state index < -0.39 is 0 Å². The van der Waals surface area contributed by atoms with E-state index in [0.29, 0.717) is 18.7 Å². The molecule has 2 N–H and O–H groups in total. The van der Waals surface area contributed by atoms with Gasteiger partial charge in [0.15, 0.2) is 0 Å². The number of aromatic nitrogens is 2. The first kappa shape index (κ1) is 21.0. The van der Waals surface area contributed by atoms with Crippen molar-refractivity contribution in [3.05, 3.63) is 77.9 Å². The molecule has 1 aromatic heterocycles. The second kappa shape index (κ2) is 10.7. The van der Waals surface area contributed by atoms with E-state index in [9.17, 15) is 4.79 Å². The van der Waals surface area contributed by atoms with Crippen molar-refractivity contribution in [3.63, 3.8) is 0 Å². The number of piperidine rings is 1. The first-order chi connectivity index (χ1) is 15.3. The quantitative estimate of drug-likeness (QED) is 0.583. The van der Waals surface area contributed by atoms with Crippen LogP contribution in [0.25, 0.3) is 11.3 Å². The van der Waals surface area contributed by atoms with Crippen molar-refractivity contribution in [1.29, 1.82) is 0 Å². The molecule has 160 valence electrons. The summed E-state index contributed by atoms with van der Waals surface area (Å²) in [6.07, 6.45) is 3.86. The molecule has 1 aliphatic rings. The zero-order valence-corrected chi connectivity index (χ0v) is 17.8. The number of hydrogen-bond acceptors (Lipinski definition) is 5. The van der Waals surface area contributed by atoms with Crippen LogP contribution in [0.3, 0.4) is 0 Å². The van der Waals surface area contributed by atoms with Crippen molar-refractivity contribution in [3.8, 4) is 11.3 Å². The Morgan fingerprint density at radius 2 is 1.65 bits per heavy atom. The van der Waals surface area contributed by atoms with Gasteiger partial charge in [-0.15, -0.1) is 10.2 Å². The fourth-order valence-electron chi connectivity index (χ4n) is 3.77. The highest BCUT2D eigenvalue weighted by Gasteiger charge is 2.11. The Morgan fingerprint density at radius 1 is 0.871 bits per heavy atom. The van der Waals surface area contributed by atoms with Crippen LogP contribution < -0.4 is 10.6 Å². The van der Waals surface area contributed by atoms with E-state index in [0.717, 1.165) is 36.7 Å². The third kappa shape index (κ3) is 6.12. The van der Waals surface area contributed by atoms with Gasteiger partial charge < -0.3 is 15.5 Å². The van der Waals surface area contributed by atoms with Gasteiger partial charge in [-0.1, -0.05) is 48.9 Å². The Kier molecular flexibility index (Phi) is 7.24. The van der Waals surface area contributed by atoms with Crippen LogP contribution in [0.15, 0.2) is 66.7 Å². The van der Waals surface area contributed by atoms with Crippen molar-refractivity contribution in [2.24, 2.45) is 0 Å². The zero-order chi connectivity index (χ0) is 21.3. The number of carbonyl (C=O) groups is 1. The van der Waals surface area contributed by atoms with E-state index in [4.69, 9.17) is 0 Å². The molecule has 6 heteroatoms. The summed E-state index contributed by atoms with van der Waals surface area (Å²) in [5, 5.41) is 14.9. The van der Waals surface area contributed by atoms with Crippen LogP contribution in [-0.2, 0) is 6.54 Å². The smallest absolute Gasteiger partial charge is 0.251 e.